The SMILES string of the molecule is NC1(c2nc(-c3ccc[nH]3)no2)CCCC1. The second-order valence-electron chi connectivity index (χ2n) is 4.37. The number of rotatable bonds is 2. The predicted octanol–water partition coefficient (Wildman–Crippen LogP) is 1.79. The second kappa shape index (κ2) is 3.45. The number of nitrogens with zero attached hydrogens (tertiary/aromatic N) is 2. The van der Waals surface area contributed by atoms with E-state index in [2.05, 4.69) is 15.1 Å². The minimum Gasteiger partial charge on any atom is -0.359 e. The Balaban J connectivity index is 1.93. The fraction of sp³-hybridized carbons (Fsp3) is 0.455. The Kier molecular flexibility index (Phi) is 2.07. The molecular weight excluding hydrogens is 204 g/mol. The summed E-state index contributed by atoms with van der Waals surface area (Å²) in [5, 5.41) is 3.95. The van der Waals surface area contributed by atoms with E-state index >= 15 is 0 Å². The molecule has 0 saturated heterocycles. The lowest BCUT2D eigenvalue weighted by atomic mass is 9.99. The van der Waals surface area contributed by atoms with E-state index in [1.807, 2.05) is 18.3 Å². The van der Waals surface area contributed by atoms with Crippen molar-refractivity contribution in [1.29, 1.82) is 0 Å². The first-order valence-electron chi connectivity index (χ1n) is 5.55. The number of nitrogens with one attached hydrogen (secondary N) is 1. The quantitative estimate of drug-likeness (QED) is 0.805. The summed E-state index contributed by atoms with van der Waals surface area (Å²) >= 11 is 0. The van der Waals surface area contributed by atoms with Gasteiger partial charge in [0.05, 0.1) is 11.2 Å². The molecule has 2 heterocycles. The summed E-state index contributed by atoms with van der Waals surface area (Å²) in [4.78, 5) is 7.42. The summed E-state index contributed by atoms with van der Waals surface area (Å²) in [5.41, 5.74) is 6.69. The smallest absolute Gasteiger partial charge is 0.247 e. The van der Waals surface area contributed by atoms with Crippen LogP contribution in [0.5, 0.6) is 0 Å². The Hall–Kier alpha value is -1.62. The number of hydrogen-bond donors (Lipinski definition) is 2. The van der Waals surface area contributed by atoms with Crippen molar-refractivity contribution >= 4 is 0 Å². The topological polar surface area (TPSA) is 80.7 Å². The van der Waals surface area contributed by atoms with Gasteiger partial charge in [-0.25, -0.2) is 0 Å². The Morgan fingerprint density at radius 2 is 2.19 bits per heavy atom. The van der Waals surface area contributed by atoms with Gasteiger partial charge in [0.2, 0.25) is 11.7 Å². The van der Waals surface area contributed by atoms with Gasteiger partial charge in [0, 0.05) is 6.20 Å². The number of aromatic amines is 1. The van der Waals surface area contributed by atoms with Crippen molar-refractivity contribution in [1.82, 2.24) is 15.1 Å². The van der Waals surface area contributed by atoms with Gasteiger partial charge in [-0.05, 0) is 25.0 Å². The standard InChI is InChI=1S/C11H14N4O/c12-11(5-1-2-6-11)10-14-9(15-16-10)8-4-3-7-13-8/h3-4,7,13H,1-2,5-6,12H2. The maximum Gasteiger partial charge on any atom is 0.247 e. The van der Waals surface area contributed by atoms with Crippen LogP contribution < -0.4 is 5.73 Å². The number of hydrogen-bond acceptors (Lipinski definition) is 4. The molecule has 2 aromatic heterocycles. The van der Waals surface area contributed by atoms with Crippen LogP contribution in [-0.2, 0) is 5.54 Å². The number of nitrogens with two attached hydrogens (primary N) is 1. The molecule has 1 fully saturated rings. The molecule has 16 heavy (non-hydrogen) atoms. The molecule has 1 saturated carbocycles. The largest absolute Gasteiger partial charge is 0.359 e. The molecular formula is C11H14N4O. The van der Waals surface area contributed by atoms with E-state index in [0.29, 0.717) is 11.7 Å². The molecule has 1 aliphatic rings. The molecule has 0 amide bonds. The lowest BCUT2D eigenvalue weighted by Gasteiger charge is -2.17. The Bertz CT molecular complexity index is 468. The molecule has 0 atom stereocenters. The molecule has 1 aliphatic carbocycles. The first kappa shape index (κ1) is 9.59. The lowest BCUT2D eigenvalue weighted by Crippen LogP contribution is -2.33. The first-order valence-corrected chi connectivity index (χ1v) is 5.55. The molecule has 84 valence electrons. The maximum atomic E-state index is 6.24. The van der Waals surface area contributed by atoms with Gasteiger partial charge in [0.15, 0.2) is 0 Å². The average molecular weight is 218 g/mol. The van der Waals surface area contributed by atoms with E-state index in [4.69, 9.17) is 10.3 Å². The highest BCUT2D eigenvalue weighted by molar-refractivity contribution is 5.48. The second-order valence-corrected chi connectivity index (χ2v) is 4.37. The van der Waals surface area contributed by atoms with E-state index < -0.39 is 5.54 Å². The van der Waals surface area contributed by atoms with Gasteiger partial charge in [-0.1, -0.05) is 18.0 Å². The molecule has 0 aromatic carbocycles. The maximum absolute atomic E-state index is 6.24. The van der Waals surface area contributed by atoms with Crippen molar-refractivity contribution in [2.24, 2.45) is 5.73 Å². The molecule has 5 heteroatoms. The van der Waals surface area contributed by atoms with E-state index in [1.54, 1.807) is 0 Å². The van der Waals surface area contributed by atoms with Gasteiger partial charge in [-0.2, -0.15) is 4.98 Å². The Morgan fingerprint density at radius 3 is 2.88 bits per heavy atom. The van der Waals surface area contributed by atoms with Crippen molar-refractivity contribution < 1.29 is 4.52 Å². The Morgan fingerprint density at radius 1 is 1.38 bits per heavy atom. The van der Waals surface area contributed by atoms with Gasteiger partial charge in [0.1, 0.15) is 0 Å². The van der Waals surface area contributed by atoms with Crippen LogP contribution in [0.2, 0.25) is 0 Å². The van der Waals surface area contributed by atoms with Crippen molar-refractivity contribution in [2.75, 3.05) is 0 Å². The van der Waals surface area contributed by atoms with E-state index in [1.165, 1.54) is 0 Å². The minimum absolute atomic E-state index is 0.405. The van der Waals surface area contributed by atoms with E-state index in [0.717, 1.165) is 31.4 Å². The van der Waals surface area contributed by atoms with Gasteiger partial charge in [-0.3, -0.25) is 0 Å². The van der Waals surface area contributed by atoms with Crippen LogP contribution in [0.15, 0.2) is 22.9 Å². The van der Waals surface area contributed by atoms with Crippen LogP contribution in [-0.4, -0.2) is 15.1 Å². The highest BCUT2D eigenvalue weighted by atomic mass is 16.5. The molecule has 3 N–H and O–H groups in total. The van der Waals surface area contributed by atoms with Crippen LogP contribution in [0.3, 0.4) is 0 Å². The highest BCUT2D eigenvalue weighted by Crippen LogP contribution is 2.35. The molecule has 0 radical (unpaired) electrons. The summed E-state index contributed by atoms with van der Waals surface area (Å²) in [6, 6.07) is 3.81. The number of H-pyrrole nitrogens is 1. The van der Waals surface area contributed by atoms with Gasteiger partial charge >= 0.3 is 0 Å². The zero-order valence-electron chi connectivity index (χ0n) is 8.94. The van der Waals surface area contributed by atoms with E-state index in [9.17, 15) is 0 Å². The number of aromatic nitrogens is 3. The van der Waals surface area contributed by atoms with Crippen LogP contribution in [0.4, 0.5) is 0 Å². The molecule has 2 aromatic rings. The van der Waals surface area contributed by atoms with Gasteiger partial charge in [-0.15, -0.1) is 0 Å². The van der Waals surface area contributed by atoms with Crippen LogP contribution in [0.25, 0.3) is 11.5 Å². The summed E-state index contributed by atoms with van der Waals surface area (Å²) < 4.78 is 5.27. The third-order valence-electron chi connectivity index (χ3n) is 3.19. The fourth-order valence-electron chi connectivity index (χ4n) is 2.22. The molecule has 3 rings (SSSR count). The summed E-state index contributed by atoms with van der Waals surface area (Å²) in [5.74, 6) is 1.14. The molecule has 0 aliphatic heterocycles. The average Bonchev–Trinajstić information content (AvgIpc) is 2.98. The third-order valence-corrected chi connectivity index (χ3v) is 3.19. The molecule has 5 nitrogen and oxygen atoms in total. The van der Waals surface area contributed by atoms with E-state index in [-0.39, 0.29) is 0 Å². The predicted molar refractivity (Wildman–Crippen MR) is 58.4 cm³/mol. The van der Waals surface area contributed by atoms with Gasteiger partial charge in [0.25, 0.3) is 0 Å². The summed E-state index contributed by atoms with van der Waals surface area (Å²) in [6.07, 6.45) is 5.96. The van der Waals surface area contributed by atoms with Crippen LogP contribution >= 0.6 is 0 Å². The normalized spacial score (nSPS) is 19.1. The fourth-order valence-corrected chi connectivity index (χ4v) is 2.22. The van der Waals surface area contributed by atoms with Crippen molar-refractivity contribution in [2.45, 2.75) is 31.2 Å². The lowest BCUT2D eigenvalue weighted by molar-refractivity contribution is 0.285. The van der Waals surface area contributed by atoms with Crippen LogP contribution in [0, 0.1) is 0 Å². The zero-order valence-corrected chi connectivity index (χ0v) is 8.94. The minimum atomic E-state index is -0.405. The third kappa shape index (κ3) is 1.44. The van der Waals surface area contributed by atoms with Crippen molar-refractivity contribution in [3.8, 4) is 11.5 Å². The first-order chi connectivity index (χ1) is 7.78. The summed E-state index contributed by atoms with van der Waals surface area (Å²) in [6.45, 7) is 0. The molecule has 0 spiro atoms. The highest BCUT2D eigenvalue weighted by Gasteiger charge is 2.36. The van der Waals surface area contributed by atoms with Crippen LogP contribution in [0.1, 0.15) is 31.6 Å². The Labute approximate surface area is 93.0 Å². The monoisotopic (exact) mass is 218 g/mol. The van der Waals surface area contributed by atoms with Crippen molar-refractivity contribution in [3.63, 3.8) is 0 Å². The summed E-state index contributed by atoms with van der Waals surface area (Å²) in [7, 11) is 0. The van der Waals surface area contributed by atoms with Gasteiger partial charge < -0.3 is 15.2 Å². The molecule has 0 unspecified atom stereocenters. The van der Waals surface area contributed by atoms with Crippen molar-refractivity contribution in [3.05, 3.63) is 24.2 Å². The molecule has 0 bridgehead atoms. The zero-order chi connectivity index (χ0) is 11.0.